The molecular formula is C13H19N3O10-2. The number of aliphatic hydroxyl groups is 4. The molecule has 13 nitrogen and oxygen atoms in total. The first-order chi connectivity index (χ1) is 12.2. The molecule has 1 aliphatic rings. The number of aliphatic hydroxyl groups excluding tert-OH is 4. The van der Waals surface area contributed by atoms with E-state index >= 15 is 0 Å². The van der Waals surface area contributed by atoms with Gasteiger partial charge < -0.3 is 40.8 Å². The van der Waals surface area contributed by atoms with E-state index < -0.39 is 48.2 Å². The van der Waals surface area contributed by atoms with Gasteiger partial charge in [-0.05, 0) is 19.1 Å². The van der Waals surface area contributed by atoms with Gasteiger partial charge in [-0.3, -0.25) is 15.9 Å². The molecule has 1 fully saturated rings. The molecule has 7 N–H and O–H groups in total. The molecule has 0 spiro atoms. The van der Waals surface area contributed by atoms with Gasteiger partial charge in [-0.15, -0.1) is 5.23 Å². The van der Waals surface area contributed by atoms with Gasteiger partial charge in [0.05, 0.1) is 12.3 Å². The van der Waals surface area contributed by atoms with E-state index in [9.17, 15) is 25.7 Å². The summed E-state index contributed by atoms with van der Waals surface area (Å²) in [6.45, 7) is 0.742. The minimum Gasteiger partial charge on any atom is -0.769 e. The molecule has 148 valence electrons. The van der Waals surface area contributed by atoms with Crippen LogP contribution in [0.2, 0.25) is 0 Å². The summed E-state index contributed by atoms with van der Waals surface area (Å²) in [5, 5.41) is 77.6. The van der Waals surface area contributed by atoms with Crippen molar-refractivity contribution in [3.63, 3.8) is 0 Å². The van der Waals surface area contributed by atoms with Crippen LogP contribution in [-0.4, -0.2) is 68.2 Å². The largest absolute Gasteiger partial charge is 0.769 e. The Morgan fingerprint density at radius 2 is 1.81 bits per heavy atom. The van der Waals surface area contributed by atoms with E-state index in [4.69, 9.17) is 25.1 Å². The van der Waals surface area contributed by atoms with Crippen molar-refractivity contribution in [2.24, 2.45) is 0 Å². The molecule has 1 aromatic carbocycles. The highest BCUT2D eigenvalue weighted by Gasteiger charge is 2.44. The van der Waals surface area contributed by atoms with Gasteiger partial charge in [0.2, 0.25) is 6.29 Å². The number of benzene rings is 1. The minimum atomic E-state index is -1.69. The molecule has 2 rings (SSSR count). The van der Waals surface area contributed by atoms with Crippen LogP contribution in [0.4, 0.5) is 17.1 Å². The quantitative estimate of drug-likeness (QED) is 0.283. The highest BCUT2D eigenvalue weighted by Crippen LogP contribution is 2.32. The standard InChI is InChI=1S/C13H19N3O10/c1-5-7(2-6(15(21)22)3-8(5)16(23)24)14-26-13-12(20)11(19)10(18)9(4-17)25-13/h2-3,9-14,17-20,23-24H,4H2,1H3/q-2. The van der Waals surface area contributed by atoms with Crippen molar-refractivity contribution in [3.05, 3.63) is 28.1 Å². The SMILES string of the molecule is Cc1c(NOC2OC(CO)C(O)C(O)C2O)cc(N([O-])[O-])cc1N(O)O. The van der Waals surface area contributed by atoms with Crippen LogP contribution in [0.15, 0.2) is 12.1 Å². The molecule has 0 saturated carbocycles. The molecule has 1 saturated heterocycles. The number of nitrogens with one attached hydrogen (secondary N) is 1. The molecule has 0 bridgehead atoms. The zero-order chi connectivity index (χ0) is 19.6. The minimum absolute atomic E-state index is 0.0562. The van der Waals surface area contributed by atoms with E-state index in [2.05, 4.69) is 5.48 Å². The van der Waals surface area contributed by atoms with Crippen LogP contribution in [0.3, 0.4) is 0 Å². The second kappa shape index (κ2) is 8.28. The Morgan fingerprint density at radius 3 is 2.35 bits per heavy atom. The summed E-state index contributed by atoms with van der Waals surface area (Å²) in [5.74, 6) is 0. The van der Waals surface area contributed by atoms with Crippen molar-refractivity contribution in [2.75, 3.05) is 22.5 Å². The summed E-state index contributed by atoms with van der Waals surface area (Å²) in [6, 6.07) is 1.95. The third-order valence-electron chi connectivity index (χ3n) is 3.92. The Morgan fingerprint density at radius 1 is 1.15 bits per heavy atom. The van der Waals surface area contributed by atoms with E-state index in [-0.39, 0.29) is 22.2 Å². The molecule has 1 aliphatic heterocycles. The fraction of sp³-hybridized carbons (Fsp3) is 0.538. The van der Waals surface area contributed by atoms with Crippen molar-refractivity contribution in [3.8, 4) is 0 Å². The normalized spacial score (nSPS) is 28.7. The highest BCUT2D eigenvalue weighted by molar-refractivity contribution is 5.72. The number of rotatable bonds is 6. The number of nitrogens with zero attached hydrogens (tertiary/aromatic N) is 2. The monoisotopic (exact) mass is 377 g/mol. The van der Waals surface area contributed by atoms with E-state index in [1.807, 2.05) is 0 Å². The van der Waals surface area contributed by atoms with E-state index in [0.29, 0.717) is 0 Å². The Hall–Kier alpha value is -1.78. The first kappa shape index (κ1) is 20.5. The lowest BCUT2D eigenvalue weighted by Crippen LogP contribution is -2.59. The van der Waals surface area contributed by atoms with Gasteiger partial charge in [-0.2, -0.15) is 0 Å². The molecule has 5 atom stereocenters. The lowest BCUT2D eigenvalue weighted by molar-refractivity contribution is -0.294. The predicted octanol–water partition coefficient (Wildman–Crippen LogP) is -1.47. The van der Waals surface area contributed by atoms with Gasteiger partial charge >= 0.3 is 0 Å². The van der Waals surface area contributed by atoms with Crippen molar-refractivity contribution in [1.29, 1.82) is 0 Å². The maximum atomic E-state index is 11.0. The lowest BCUT2D eigenvalue weighted by Gasteiger charge is -2.40. The Kier molecular flexibility index (Phi) is 6.53. The van der Waals surface area contributed by atoms with Crippen molar-refractivity contribution < 1.29 is 40.4 Å². The second-order valence-corrected chi connectivity index (χ2v) is 5.60. The summed E-state index contributed by atoms with van der Waals surface area (Å²) in [4.78, 5) is 5.07. The molecule has 1 aromatic rings. The van der Waals surface area contributed by atoms with Crippen LogP contribution in [0.25, 0.3) is 0 Å². The summed E-state index contributed by atoms with van der Waals surface area (Å²) in [7, 11) is 0. The van der Waals surface area contributed by atoms with Crippen LogP contribution >= 0.6 is 0 Å². The smallest absolute Gasteiger partial charge is 0.212 e. The maximum absolute atomic E-state index is 11.0. The molecular weight excluding hydrogens is 358 g/mol. The molecule has 13 heteroatoms. The zero-order valence-corrected chi connectivity index (χ0v) is 13.5. The first-order valence-electron chi connectivity index (χ1n) is 7.36. The van der Waals surface area contributed by atoms with Gasteiger partial charge in [0, 0.05) is 11.3 Å². The van der Waals surface area contributed by atoms with Crippen molar-refractivity contribution in [1.82, 2.24) is 0 Å². The van der Waals surface area contributed by atoms with Gasteiger partial charge in [0.25, 0.3) is 0 Å². The summed E-state index contributed by atoms with van der Waals surface area (Å²) in [5.41, 5.74) is 1.56. The molecule has 0 radical (unpaired) electrons. The molecule has 26 heavy (non-hydrogen) atoms. The number of ether oxygens (including phenoxy) is 1. The summed E-state index contributed by atoms with van der Waals surface area (Å²) < 4.78 is 5.11. The molecule has 0 aliphatic carbocycles. The Balaban J connectivity index is 2.20. The van der Waals surface area contributed by atoms with Gasteiger partial charge in [-0.25, -0.2) is 4.84 Å². The second-order valence-electron chi connectivity index (χ2n) is 5.60. The van der Waals surface area contributed by atoms with E-state index in [1.165, 1.54) is 6.92 Å². The Bertz CT molecular complexity index is 614. The number of anilines is 3. The van der Waals surface area contributed by atoms with Crippen LogP contribution in [0.1, 0.15) is 5.56 Å². The van der Waals surface area contributed by atoms with Crippen molar-refractivity contribution in [2.45, 2.75) is 37.6 Å². The number of hydrogen-bond donors (Lipinski definition) is 7. The molecule has 1 heterocycles. The average molecular weight is 377 g/mol. The van der Waals surface area contributed by atoms with E-state index in [1.54, 1.807) is 0 Å². The van der Waals surface area contributed by atoms with Crippen molar-refractivity contribution >= 4 is 17.1 Å². The van der Waals surface area contributed by atoms with Gasteiger partial charge in [0.15, 0.2) is 0 Å². The van der Waals surface area contributed by atoms with Gasteiger partial charge in [0.1, 0.15) is 30.1 Å². The Labute approximate surface area is 146 Å². The first-order valence-corrected chi connectivity index (χ1v) is 7.36. The topological polar surface area (TPSA) is 204 Å². The maximum Gasteiger partial charge on any atom is 0.212 e. The van der Waals surface area contributed by atoms with E-state index in [0.717, 1.165) is 12.1 Å². The number of hydrogen-bond acceptors (Lipinski definition) is 13. The van der Waals surface area contributed by atoms with Gasteiger partial charge in [-0.1, -0.05) is 0 Å². The third-order valence-corrected chi connectivity index (χ3v) is 3.92. The summed E-state index contributed by atoms with van der Waals surface area (Å²) >= 11 is 0. The highest BCUT2D eigenvalue weighted by atomic mass is 16.8. The average Bonchev–Trinajstić information content (AvgIpc) is 2.59. The lowest BCUT2D eigenvalue weighted by atomic mass is 9.99. The van der Waals surface area contributed by atoms with Crippen LogP contribution in [-0.2, 0) is 9.57 Å². The summed E-state index contributed by atoms with van der Waals surface area (Å²) in [6.07, 6.45) is -7.66. The predicted molar refractivity (Wildman–Crippen MR) is 84.9 cm³/mol. The fourth-order valence-electron chi connectivity index (χ4n) is 2.39. The fourth-order valence-corrected chi connectivity index (χ4v) is 2.39. The third kappa shape index (κ3) is 4.13. The zero-order valence-electron chi connectivity index (χ0n) is 13.5. The molecule has 0 amide bonds. The van der Waals surface area contributed by atoms with Crippen LogP contribution in [0.5, 0.6) is 0 Å². The molecule has 0 aromatic heterocycles. The molecule has 5 unspecified atom stereocenters. The van der Waals surface area contributed by atoms with Crippen LogP contribution < -0.4 is 15.9 Å². The van der Waals surface area contributed by atoms with Crippen LogP contribution in [0, 0.1) is 17.3 Å².